The number of aliphatic hydroxyl groups is 1. The van der Waals surface area contributed by atoms with E-state index in [1.54, 1.807) is 19.9 Å². The number of halogens is 1. The van der Waals surface area contributed by atoms with Gasteiger partial charge in [-0.3, -0.25) is 4.79 Å². The van der Waals surface area contributed by atoms with E-state index in [0.29, 0.717) is 5.02 Å². The molecule has 0 spiro atoms. The second kappa shape index (κ2) is 4.72. The van der Waals surface area contributed by atoms with Gasteiger partial charge in [0.2, 0.25) is 0 Å². The van der Waals surface area contributed by atoms with Crippen molar-refractivity contribution in [1.82, 2.24) is 0 Å². The lowest BCUT2D eigenvalue weighted by Gasteiger charge is -2.18. The fraction of sp³-hybridized carbons (Fsp3) is 0.364. The number of ether oxygens (including phenoxy) is 1. The van der Waals surface area contributed by atoms with Gasteiger partial charge in [-0.05, 0) is 32.0 Å². The minimum absolute atomic E-state index is 0.0492. The van der Waals surface area contributed by atoms with E-state index in [1.165, 1.54) is 12.1 Å². The first-order chi connectivity index (χ1) is 7.29. The fourth-order valence-corrected chi connectivity index (χ4v) is 1.24. The zero-order valence-corrected chi connectivity index (χ0v) is 9.91. The molecule has 88 valence electrons. The number of nitrogens with two attached hydrogens (primary N) is 1. The third-order valence-corrected chi connectivity index (χ3v) is 2.03. The zero-order valence-electron chi connectivity index (χ0n) is 9.16. The molecule has 0 fully saturated rings. The van der Waals surface area contributed by atoms with Gasteiger partial charge in [0.05, 0.1) is 11.2 Å². The third-order valence-electron chi connectivity index (χ3n) is 1.79. The van der Waals surface area contributed by atoms with Crippen LogP contribution in [0.25, 0.3) is 0 Å². The van der Waals surface area contributed by atoms with E-state index in [2.05, 4.69) is 0 Å². The Bertz CT molecular complexity index is 399. The lowest BCUT2D eigenvalue weighted by atomic mass is 10.1. The molecule has 0 saturated heterocycles. The molecule has 0 radical (unpaired) electrons. The number of rotatable bonds is 4. The second-order valence-corrected chi connectivity index (χ2v) is 4.54. The maximum atomic E-state index is 11.1. The van der Waals surface area contributed by atoms with Gasteiger partial charge in [-0.25, -0.2) is 0 Å². The van der Waals surface area contributed by atoms with Crippen LogP contribution in [-0.2, 0) is 0 Å². The van der Waals surface area contributed by atoms with Crippen LogP contribution in [0.4, 0.5) is 0 Å². The van der Waals surface area contributed by atoms with Crippen molar-refractivity contribution in [3.8, 4) is 5.75 Å². The standard InChI is InChI=1S/C11H14ClNO3/c1-11(2,15)6-16-9-5-7(12)3-4-8(9)10(13)14/h3-5,15H,6H2,1-2H3,(H2,13,14). The summed E-state index contributed by atoms with van der Waals surface area (Å²) in [6, 6.07) is 4.54. The van der Waals surface area contributed by atoms with Crippen molar-refractivity contribution in [3.63, 3.8) is 0 Å². The number of carbonyl (C=O) groups excluding carboxylic acids is 1. The topological polar surface area (TPSA) is 72.6 Å². The van der Waals surface area contributed by atoms with E-state index >= 15 is 0 Å². The predicted molar refractivity (Wildman–Crippen MR) is 61.8 cm³/mol. The van der Waals surface area contributed by atoms with E-state index in [1.807, 2.05) is 0 Å². The Morgan fingerprint density at radius 3 is 2.69 bits per heavy atom. The van der Waals surface area contributed by atoms with Crippen molar-refractivity contribution in [3.05, 3.63) is 28.8 Å². The molecule has 4 nitrogen and oxygen atoms in total. The van der Waals surface area contributed by atoms with Crippen molar-refractivity contribution >= 4 is 17.5 Å². The quantitative estimate of drug-likeness (QED) is 0.844. The van der Waals surface area contributed by atoms with Crippen molar-refractivity contribution < 1.29 is 14.6 Å². The average Bonchev–Trinajstić information content (AvgIpc) is 2.13. The highest BCUT2D eigenvalue weighted by molar-refractivity contribution is 6.30. The minimum Gasteiger partial charge on any atom is -0.490 e. The molecule has 0 aliphatic carbocycles. The number of amides is 1. The zero-order chi connectivity index (χ0) is 12.3. The summed E-state index contributed by atoms with van der Waals surface area (Å²) < 4.78 is 5.31. The Hall–Kier alpha value is -1.26. The van der Waals surface area contributed by atoms with Crippen LogP contribution in [0, 0.1) is 0 Å². The molecule has 0 aliphatic heterocycles. The highest BCUT2D eigenvalue weighted by Crippen LogP contribution is 2.23. The van der Waals surface area contributed by atoms with Gasteiger partial charge in [-0.2, -0.15) is 0 Å². The molecule has 3 N–H and O–H groups in total. The fourth-order valence-electron chi connectivity index (χ4n) is 1.07. The Morgan fingerprint density at radius 1 is 1.56 bits per heavy atom. The van der Waals surface area contributed by atoms with Gasteiger partial charge in [0.1, 0.15) is 12.4 Å². The number of primary amides is 1. The van der Waals surface area contributed by atoms with Crippen molar-refractivity contribution in [1.29, 1.82) is 0 Å². The first-order valence-corrected chi connectivity index (χ1v) is 5.12. The van der Waals surface area contributed by atoms with Crippen molar-refractivity contribution in [2.45, 2.75) is 19.4 Å². The molecule has 0 saturated carbocycles. The average molecular weight is 244 g/mol. The minimum atomic E-state index is -0.989. The summed E-state index contributed by atoms with van der Waals surface area (Å²) in [5.74, 6) is -0.315. The predicted octanol–water partition coefficient (Wildman–Crippen LogP) is 1.59. The van der Waals surface area contributed by atoms with Crippen LogP contribution in [0.3, 0.4) is 0 Å². The summed E-state index contributed by atoms with van der Waals surface area (Å²) >= 11 is 5.78. The maximum absolute atomic E-state index is 11.1. The van der Waals surface area contributed by atoms with E-state index in [9.17, 15) is 9.90 Å². The molecule has 0 aliphatic rings. The Morgan fingerprint density at radius 2 is 2.19 bits per heavy atom. The van der Waals surface area contributed by atoms with E-state index in [0.717, 1.165) is 0 Å². The molecule has 0 unspecified atom stereocenters. The largest absolute Gasteiger partial charge is 0.490 e. The molecule has 5 heteroatoms. The van der Waals surface area contributed by atoms with Gasteiger partial charge in [-0.15, -0.1) is 0 Å². The van der Waals surface area contributed by atoms with Gasteiger partial charge in [0.15, 0.2) is 0 Å². The summed E-state index contributed by atoms with van der Waals surface area (Å²) in [5, 5.41) is 9.94. The van der Waals surface area contributed by atoms with E-state index in [4.69, 9.17) is 22.1 Å². The molecule has 16 heavy (non-hydrogen) atoms. The smallest absolute Gasteiger partial charge is 0.252 e. The Labute approximate surface area is 99.0 Å². The van der Waals surface area contributed by atoms with Crippen LogP contribution in [0.2, 0.25) is 5.02 Å². The molecule has 1 aromatic carbocycles. The van der Waals surface area contributed by atoms with Crippen molar-refractivity contribution in [2.24, 2.45) is 5.73 Å². The Kier molecular flexibility index (Phi) is 3.78. The van der Waals surface area contributed by atoms with Crippen LogP contribution >= 0.6 is 11.6 Å². The highest BCUT2D eigenvalue weighted by atomic mass is 35.5. The highest BCUT2D eigenvalue weighted by Gasteiger charge is 2.16. The third kappa shape index (κ3) is 3.72. The van der Waals surface area contributed by atoms with E-state index < -0.39 is 11.5 Å². The molecule has 0 aromatic heterocycles. The van der Waals surface area contributed by atoms with Gasteiger partial charge in [0, 0.05) is 5.02 Å². The number of hydrogen-bond donors (Lipinski definition) is 2. The van der Waals surface area contributed by atoms with Crippen molar-refractivity contribution in [2.75, 3.05) is 6.61 Å². The summed E-state index contributed by atoms with van der Waals surface area (Å²) in [4.78, 5) is 11.1. The van der Waals surface area contributed by atoms with Gasteiger partial charge in [-0.1, -0.05) is 11.6 Å². The van der Waals surface area contributed by atoms with Crippen LogP contribution < -0.4 is 10.5 Å². The van der Waals surface area contributed by atoms with Crippen LogP contribution in [0.1, 0.15) is 24.2 Å². The molecule has 0 heterocycles. The molecule has 0 atom stereocenters. The van der Waals surface area contributed by atoms with E-state index in [-0.39, 0.29) is 17.9 Å². The monoisotopic (exact) mass is 243 g/mol. The first-order valence-electron chi connectivity index (χ1n) is 4.74. The van der Waals surface area contributed by atoms with Crippen LogP contribution in [0.15, 0.2) is 18.2 Å². The van der Waals surface area contributed by atoms with Gasteiger partial charge >= 0.3 is 0 Å². The number of carbonyl (C=O) groups is 1. The summed E-state index contributed by atoms with van der Waals surface area (Å²) in [5.41, 5.74) is 4.43. The molecular weight excluding hydrogens is 230 g/mol. The lowest BCUT2D eigenvalue weighted by molar-refractivity contribution is 0.0281. The summed E-state index contributed by atoms with van der Waals surface area (Å²) in [7, 11) is 0. The lowest BCUT2D eigenvalue weighted by Crippen LogP contribution is -2.28. The van der Waals surface area contributed by atoms with Gasteiger partial charge in [0.25, 0.3) is 5.91 Å². The molecule has 1 amide bonds. The SMILES string of the molecule is CC(C)(O)COc1cc(Cl)ccc1C(N)=O. The summed E-state index contributed by atoms with van der Waals surface area (Å²) in [6.07, 6.45) is 0. The molecule has 1 aromatic rings. The normalized spacial score (nSPS) is 11.2. The van der Waals surface area contributed by atoms with Crippen LogP contribution in [0.5, 0.6) is 5.75 Å². The molecule has 0 bridgehead atoms. The number of benzene rings is 1. The number of hydrogen-bond acceptors (Lipinski definition) is 3. The van der Waals surface area contributed by atoms with Gasteiger partial charge < -0.3 is 15.6 Å². The second-order valence-electron chi connectivity index (χ2n) is 4.11. The Balaban J connectivity index is 2.93. The molecule has 1 rings (SSSR count). The molecular formula is C11H14ClNO3. The maximum Gasteiger partial charge on any atom is 0.252 e. The summed E-state index contributed by atoms with van der Waals surface area (Å²) in [6.45, 7) is 3.25. The first kappa shape index (κ1) is 12.8. The van der Waals surface area contributed by atoms with Crippen LogP contribution in [-0.4, -0.2) is 23.2 Å².